The molecule has 0 aliphatic heterocycles. The maximum absolute atomic E-state index is 12.8. The van der Waals surface area contributed by atoms with Crippen LogP contribution < -0.4 is 5.32 Å². The van der Waals surface area contributed by atoms with Crippen molar-refractivity contribution < 1.29 is 9.00 Å². The van der Waals surface area contributed by atoms with E-state index < -0.39 is 9.73 Å². The second-order valence-electron chi connectivity index (χ2n) is 7.64. The van der Waals surface area contributed by atoms with Gasteiger partial charge in [-0.25, -0.2) is 14.2 Å². The molecule has 0 bridgehead atoms. The van der Waals surface area contributed by atoms with E-state index in [-0.39, 0.29) is 11.9 Å². The predicted molar refractivity (Wildman–Crippen MR) is 118 cm³/mol. The lowest BCUT2D eigenvalue weighted by molar-refractivity contribution is 0.0942. The van der Waals surface area contributed by atoms with Gasteiger partial charge in [0.15, 0.2) is 11.6 Å². The van der Waals surface area contributed by atoms with Crippen LogP contribution in [0.25, 0.3) is 5.82 Å². The summed E-state index contributed by atoms with van der Waals surface area (Å²) in [6, 6.07) is 5.15. The molecule has 1 aliphatic rings. The Hall–Kier alpha value is -2.59. The van der Waals surface area contributed by atoms with Crippen molar-refractivity contribution in [1.29, 1.82) is 0 Å². The number of thiophene rings is 1. The van der Waals surface area contributed by atoms with Crippen LogP contribution in [0.15, 0.2) is 35.1 Å². The van der Waals surface area contributed by atoms with Crippen molar-refractivity contribution in [2.24, 2.45) is 4.36 Å². The molecule has 3 aromatic heterocycles. The van der Waals surface area contributed by atoms with Gasteiger partial charge in [0.25, 0.3) is 5.91 Å². The molecule has 1 aliphatic carbocycles. The van der Waals surface area contributed by atoms with Crippen molar-refractivity contribution in [2.75, 3.05) is 12.5 Å². The number of carbonyl (C=O) groups excluding carboxylic acids is 1. The summed E-state index contributed by atoms with van der Waals surface area (Å²) in [7, 11) is -2.25. The average molecular weight is 445 g/mol. The molecule has 0 spiro atoms. The summed E-state index contributed by atoms with van der Waals surface area (Å²) in [6.07, 6.45) is 10.6. The molecule has 0 saturated heterocycles. The van der Waals surface area contributed by atoms with Crippen molar-refractivity contribution in [3.63, 3.8) is 0 Å². The van der Waals surface area contributed by atoms with E-state index in [1.165, 1.54) is 29.6 Å². The molecule has 0 unspecified atom stereocenters. The number of fused-ring (bicyclic) bond motifs is 1. The fourth-order valence-corrected chi connectivity index (χ4v) is 5.24. The largest absolute Gasteiger partial charge is 0.342 e. The highest BCUT2D eigenvalue weighted by Gasteiger charge is 2.21. The number of nitrogens with zero attached hydrogens (tertiary/aromatic N) is 5. The Bertz CT molecular complexity index is 1160. The van der Waals surface area contributed by atoms with Gasteiger partial charge in [-0.15, -0.1) is 11.3 Å². The van der Waals surface area contributed by atoms with Crippen LogP contribution in [0.1, 0.15) is 51.7 Å². The van der Waals surface area contributed by atoms with E-state index in [1.54, 1.807) is 46.9 Å². The quantitative estimate of drug-likeness (QED) is 0.649. The number of carbonyl (C=O) groups is 1. The summed E-state index contributed by atoms with van der Waals surface area (Å²) in [4.78, 5) is 23.5. The Balaban J connectivity index is 1.51. The van der Waals surface area contributed by atoms with Crippen LogP contribution in [-0.2, 0) is 22.6 Å². The summed E-state index contributed by atoms with van der Waals surface area (Å²) in [5.74, 6) is 1.03. The van der Waals surface area contributed by atoms with E-state index in [0.29, 0.717) is 17.3 Å². The SMILES string of the molecule is C[C@H](NC(=O)c1cc2c(s1)CCCC2)c1ncnn1-c1ccc(N=S(C)(C)=O)cn1. The second kappa shape index (κ2) is 8.27. The molecule has 4 rings (SSSR count). The van der Waals surface area contributed by atoms with Gasteiger partial charge < -0.3 is 5.32 Å². The molecule has 1 N–H and O–H groups in total. The normalized spacial score (nSPS) is 14.8. The fourth-order valence-electron chi connectivity index (χ4n) is 3.47. The van der Waals surface area contributed by atoms with Gasteiger partial charge in [0.1, 0.15) is 6.33 Å². The first-order valence-corrected chi connectivity index (χ1v) is 12.9. The first-order chi connectivity index (χ1) is 14.3. The Labute approximate surface area is 180 Å². The molecule has 3 aromatic rings. The Morgan fingerprint density at radius 2 is 2.07 bits per heavy atom. The van der Waals surface area contributed by atoms with Crippen molar-refractivity contribution in [1.82, 2.24) is 25.1 Å². The third-order valence-electron chi connectivity index (χ3n) is 4.80. The zero-order valence-corrected chi connectivity index (χ0v) is 18.8. The van der Waals surface area contributed by atoms with Gasteiger partial charge >= 0.3 is 0 Å². The summed E-state index contributed by atoms with van der Waals surface area (Å²) in [5, 5.41) is 7.28. The van der Waals surface area contributed by atoms with Crippen LogP contribution in [0, 0.1) is 0 Å². The van der Waals surface area contributed by atoms with Crippen LogP contribution >= 0.6 is 11.3 Å². The monoisotopic (exact) mass is 444 g/mol. The van der Waals surface area contributed by atoms with E-state index in [0.717, 1.165) is 17.7 Å². The molecule has 158 valence electrons. The number of hydrogen-bond acceptors (Lipinski definition) is 7. The summed E-state index contributed by atoms with van der Waals surface area (Å²) >= 11 is 1.59. The Morgan fingerprint density at radius 3 is 2.77 bits per heavy atom. The van der Waals surface area contributed by atoms with Gasteiger partial charge in [0, 0.05) is 27.1 Å². The molecule has 10 heteroatoms. The molecule has 1 atom stereocenters. The first-order valence-electron chi connectivity index (χ1n) is 9.76. The van der Waals surface area contributed by atoms with E-state index in [1.807, 2.05) is 13.0 Å². The number of aryl methyl sites for hydroxylation is 2. The van der Waals surface area contributed by atoms with Gasteiger partial charge in [-0.05, 0) is 56.4 Å². The van der Waals surface area contributed by atoms with E-state index >= 15 is 0 Å². The zero-order valence-electron chi connectivity index (χ0n) is 17.2. The van der Waals surface area contributed by atoms with E-state index in [9.17, 15) is 9.00 Å². The van der Waals surface area contributed by atoms with Crippen LogP contribution in [0.4, 0.5) is 5.69 Å². The van der Waals surface area contributed by atoms with Crippen molar-refractivity contribution in [3.8, 4) is 5.82 Å². The maximum Gasteiger partial charge on any atom is 0.261 e. The number of nitrogens with one attached hydrogen (secondary N) is 1. The highest BCUT2D eigenvalue weighted by molar-refractivity contribution is 7.92. The van der Waals surface area contributed by atoms with Gasteiger partial charge in [0.05, 0.1) is 22.8 Å². The molecular formula is C20H24N6O2S2. The second-order valence-corrected chi connectivity index (χ2v) is 11.3. The fraction of sp³-hybridized carbons (Fsp3) is 0.400. The number of hydrogen-bond donors (Lipinski definition) is 1. The molecule has 0 radical (unpaired) electrons. The molecular weight excluding hydrogens is 420 g/mol. The molecule has 8 nitrogen and oxygen atoms in total. The lowest BCUT2D eigenvalue weighted by Gasteiger charge is -2.13. The number of aromatic nitrogens is 4. The standard InChI is InChI=1S/C20H24N6O2S2/c1-13(24-20(27)17-10-14-6-4-5-7-16(14)29-17)19-22-12-23-26(19)18-9-8-15(11-21-18)25-30(2,3)28/h8-13H,4-7H2,1-3H3,(H,24,27)/t13-/m0/s1. The maximum atomic E-state index is 12.8. The average Bonchev–Trinajstić information content (AvgIpc) is 3.34. The minimum Gasteiger partial charge on any atom is -0.342 e. The molecule has 0 fully saturated rings. The predicted octanol–water partition coefficient (Wildman–Crippen LogP) is 3.45. The highest BCUT2D eigenvalue weighted by Crippen LogP contribution is 2.30. The summed E-state index contributed by atoms with van der Waals surface area (Å²) in [5.41, 5.74) is 1.85. The van der Waals surface area contributed by atoms with Gasteiger partial charge in [-0.1, -0.05) is 0 Å². The topological polar surface area (TPSA) is 102 Å². The van der Waals surface area contributed by atoms with E-state index in [2.05, 4.69) is 24.7 Å². The smallest absolute Gasteiger partial charge is 0.261 e. The van der Waals surface area contributed by atoms with Gasteiger partial charge in [-0.2, -0.15) is 14.1 Å². The highest BCUT2D eigenvalue weighted by atomic mass is 32.2. The number of rotatable bonds is 5. The van der Waals surface area contributed by atoms with Crippen LogP contribution in [0.2, 0.25) is 0 Å². The Morgan fingerprint density at radius 1 is 1.27 bits per heavy atom. The molecule has 0 saturated carbocycles. The van der Waals surface area contributed by atoms with Gasteiger partial charge in [0.2, 0.25) is 0 Å². The minimum atomic E-state index is -2.25. The van der Waals surface area contributed by atoms with Crippen molar-refractivity contribution >= 4 is 32.7 Å². The third kappa shape index (κ3) is 4.59. The lowest BCUT2D eigenvalue weighted by atomic mass is 9.99. The number of pyridine rings is 1. The minimum absolute atomic E-state index is 0.0980. The molecule has 1 amide bonds. The summed E-state index contributed by atoms with van der Waals surface area (Å²) in [6.45, 7) is 1.87. The molecule has 30 heavy (non-hydrogen) atoms. The van der Waals surface area contributed by atoms with Crippen LogP contribution in [0.3, 0.4) is 0 Å². The lowest BCUT2D eigenvalue weighted by Crippen LogP contribution is -2.28. The van der Waals surface area contributed by atoms with Crippen molar-refractivity contribution in [2.45, 2.75) is 38.6 Å². The third-order valence-corrected chi connectivity index (χ3v) is 6.69. The number of amides is 1. The first kappa shape index (κ1) is 20.7. The molecule has 3 heterocycles. The Kier molecular flexibility index (Phi) is 5.70. The van der Waals surface area contributed by atoms with Crippen molar-refractivity contribution in [3.05, 3.63) is 51.9 Å². The molecule has 0 aromatic carbocycles. The van der Waals surface area contributed by atoms with Gasteiger partial charge in [-0.3, -0.25) is 4.79 Å². The zero-order chi connectivity index (χ0) is 21.3. The summed E-state index contributed by atoms with van der Waals surface area (Å²) < 4.78 is 17.6. The van der Waals surface area contributed by atoms with E-state index in [4.69, 9.17) is 0 Å². The van der Waals surface area contributed by atoms with Crippen LogP contribution in [-0.4, -0.2) is 42.4 Å². The van der Waals surface area contributed by atoms with Crippen LogP contribution in [0.5, 0.6) is 0 Å².